The zero-order valence-corrected chi connectivity index (χ0v) is 9.24. The van der Waals surface area contributed by atoms with Crippen molar-refractivity contribution in [3.8, 4) is 0 Å². The first-order valence-corrected chi connectivity index (χ1v) is 5.28. The molecular formula is C12H15N3O. The SMILES string of the molecule is Cn1cc(CC(O)Cc2ccncc2)cn1. The summed E-state index contributed by atoms with van der Waals surface area (Å²) in [4.78, 5) is 3.95. The van der Waals surface area contributed by atoms with Crippen LogP contribution in [0.3, 0.4) is 0 Å². The average molecular weight is 217 g/mol. The van der Waals surface area contributed by atoms with Crippen LogP contribution in [0.1, 0.15) is 11.1 Å². The van der Waals surface area contributed by atoms with Gasteiger partial charge in [-0.3, -0.25) is 9.67 Å². The van der Waals surface area contributed by atoms with Gasteiger partial charge in [-0.2, -0.15) is 5.10 Å². The van der Waals surface area contributed by atoms with Crippen molar-refractivity contribution in [3.63, 3.8) is 0 Å². The Labute approximate surface area is 94.6 Å². The van der Waals surface area contributed by atoms with Crippen molar-refractivity contribution in [2.24, 2.45) is 7.05 Å². The highest BCUT2D eigenvalue weighted by Gasteiger charge is 2.07. The third-order valence-electron chi connectivity index (χ3n) is 2.45. The fourth-order valence-electron chi connectivity index (χ4n) is 1.71. The minimum atomic E-state index is -0.369. The number of pyridine rings is 1. The van der Waals surface area contributed by atoms with Crippen molar-refractivity contribution in [2.45, 2.75) is 18.9 Å². The molecular weight excluding hydrogens is 202 g/mol. The van der Waals surface area contributed by atoms with Gasteiger partial charge in [-0.15, -0.1) is 0 Å². The number of hydrogen-bond donors (Lipinski definition) is 1. The predicted octanol–water partition coefficient (Wildman–Crippen LogP) is 0.961. The van der Waals surface area contributed by atoms with Gasteiger partial charge in [-0.05, 0) is 29.7 Å². The standard InChI is InChI=1S/C12H15N3O/c1-15-9-11(8-14-15)7-12(16)6-10-2-4-13-5-3-10/h2-5,8-9,12,16H,6-7H2,1H3. The number of aryl methyl sites for hydroxylation is 1. The van der Waals surface area contributed by atoms with Crippen molar-refractivity contribution in [1.29, 1.82) is 0 Å². The van der Waals surface area contributed by atoms with Gasteiger partial charge >= 0.3 is 0 Å². The summed E-state index contributed by atoms with van der Waals surface area (Å²) < 4.78 is 1.74. The minimum absolute atomic E-state index is 0.369. The van der Waals surface area contributed by atoms with Gasteiger partial charge < -0.3 is 5.11 Å². The monoisotopic (exact) mass is 217 g/mol. The van der Waals surface area contributed by atoms with Gasteiger partial charge in [0.1, 0.15) is 0 Å². The Morgan fingerprint density at radius 3 is 2.56 bits per heavy atom. The Morgan fingerprint density at radius 2 is 1.94 bits per heavy atom. The minimum Gasteiger partial charge on any atom is -0.392 e. The van der Waals surface area contributed by atoms with Crippen molar-refractivity contribution >= 4 is 0 Å². The van der Waals surface area contributed by atoms with Crippen LogP contribution in [-0.4, -0.2) is 26.0 Å². The fourth-order valence-corrected chi connectivity index (χ4v) is 1.71. The van der Waals surface area contributed by atoms with Crippen LogP contribution < -0.4 is 0 Å². The second kappa shape index (κ2) is 4.90. The van der Waals surface area contributed by atoms with Gasteiger partial charge in [0.15, 0.2) is 0 Å². The molecule has 0 saturated heterocycles. The van der Waals surface area contributed by atoms with Crippen LogP contribution in [-0.2, 0) is 19.9 Å². The number of aromatic nitrogens is 3. The highest BCUT2D eigenvalue weighted by molar-refractivity contribution is 5.12. The number of nitrogens with zero attached hydrogens (tertiary/aromatic N) is 3. The largest absolute Gasteiger partial charge is 0.392 e. The topological polar surface area (TPSA) is 50.9 Å². The van der Waals surface area contributed by atoms with Crippen molar-refractivity contribution in [1.82, 2.24) is 14.8 Å². The van der Waals surface area contributed by atoms with E-state index in [0.717, 1.165) is 11.1 Å². The van der Waals surface area contributed by atoms with E-state index in [1.165, 1.54) is 0 Å². The van der Waals surface area contributed by atoms with Gasteiger partial charge in [-0.1, -0.05) is 0 Å². The molecule has 0 aliphatic rings. The molecule has 1 atom stereocenters. The maximum atomic E-state index is 9.91. The zero-order valence-electron chi connectivity index (χ0n) is 9.24. The van der Waals surface area contributed by atoms with Crippen LogP contribution in [0.4, 0.5) is 0 Å². The van der Waals surface area contributed by atoms with E-state index in [-0.39, 0.29) is 6.10 Å². The van der Waals surface area contributed by atoms with Crippen LogP contribution in [0.15, 0.2) is 36.9 Å². The van der Waals surface area contributed by atoms with Gasteiger partial charge in [0.2, 0.25) is 0 Å². The summed E-state index contributed by atoms with van der Waals surface area (Å²) in [6, 6.07) is 3.85. The molecule has 0 aliphatic heterocycles. The molecule has 2 heterocycles. The number of hydrogen-bond acceptors (Lipinski definition) is 3. The molecule has 1 unspecified atom stereocenters. The lowest BCUT2D eigenvalue weighted by atomic mass is 10.0. The zero-order chi connectivity index (χ0) is 11.4. The molecule has 0 aliphatic carbocycles. The van der Waals surface area contributed by atoms with E-state index in [1.54, 1.807) is 23.3 Å². The van der Waals surface area contributed by atoms with E-state index in [1.807, 2.05) is 25.4 Å². The summed E-state index contributed by atoms with van der Waals surface area (Å²) in [5.74, 6) is 0. The summed E-state index contributed by atoms with van der Waals surface area (Å²) in [5, 5.41) is 14.0. The van der Waals surface area contributed by atoms with E-state index < -0.39 is 0 Å². The lowest BCUT2D eigenvalue weighted by Gasteiger charge is -2.08. The molecule has 16 heavy (non-hydrogen) atoms. The highest BCUT2D eigenvalue weighted by atomic mass is 16.3. The average Bonchev–Trinajstić information content (AvgIpc) is 2.65. The number of aliphatic hydroxyl groups excluding tert-OH is 1. The van der Waals surface area contributed by atoms with Crippen molar-refractivity contribution in [2.75, 3.05) is 0 Å². The Hall–Kier alpha value is -1.68. The van der Waals surface area contributed by atoms with Crippen LogP contribution >= 0.6 is 0 Å². The quantitative estimate of drug-likeness (QED) is 0.830. The third-order valence-corrected chi connectivity index (χ3v) is 2.45. The molecule has 0 amide bonds. The maximum absolute atomic E-state index is 9.91. The molecule has 4 nitrogen and oxygen atoms in total. The summed E-state index contributed by atoms with van der Waals surface area (Å²) in [6.45, 7) is 0. The van der Waals surface area contributed by atoms with E-state index in [2.05, 4.69) is 10.1 Å². The third kappa shape index (κ3) is 2.90. The normalized spacial score (nSPS) is 12.6. The Balaban J connectivity index is 1.92. The van der Waals surface area contributed by atoms with Crippen LogP contribution in [0.25, 0.3) is 0 Å². The molecule has 0 bridgehead atoms. The first-order valence-electron chi connectivity index (χ1n) is 5.28. The maximum Gasteiger partial charge on any atom is 0.0622 e. The second-order valence-electron chi connectivity index (χ2n) is 3.94. The van der Waals surface area contributed by atoms with E-state index in [9.17, 15) is 5.11 Å². The van der Waals surface area contributed by atoms with Gasteiger partial charge in [0.05, 0.1) is 12.3 Å². The molecule has 0 spiro atoms. The Bertz CT molecular complexity index is 439. The molecule has 1 N–H and O–H groups in total. The molecule has 0 fully saturated rings. The molecule has 4 heteroatoms. The van der Waals surface area contributed by atoms with E-state index in [4.69, 9.17) is 0 Å². The summed E-state index contributed by atoms with van der Waals surface area (Å²) in [5.41, 5.74) is 2.16. The van der Waals surface area contributed by atoms with Crippen LogP contribution in [0.2, 0.25) is 0 Å². The summed E-state index contributed by atoms with van der Waals surface area (Å²) in [6.07, 6.45) is 8.11. The predicted molar refractivity (Wildman–Crippen MR) is 60.9 cm³/mol. The summed E-state index contributed by atoms with van der Waals surface area (Å²) in [7, 11) is 1.87. The van der Waals surface area contributed by atoms with Gasteiger partial charge in [0, 0.05) is 32.1 Å². The second-order valence-corrected chi connectivity index (χ2v) is 3.94. The van der Waals surface area contributed by atoms with Gasteiger partial charge in [0.25, 0.3) is 0 Å². The molecule has 2 aromatic rings. The Morgan fingerprint density at radius 1 is 1.25 bits per heavy atom. The van der Waals surface area contributed by atoms with E-state index >= 15 is 0 Å². The first-order chi connectivity index (χ1) is 7.74. The number of rotatable bonds is 4. The van der Waals surface area contributed by atoms with Gasteiger partial charge in [-0.25, -0.2) is 0 Å². The smallest absolute Gasteiger partial charge is 0.0622 e. The van der Waals surface area contributed by atoms with Crippen molar-refractivity contribution in [3.05, 3.63) is 48.0 Å². The molecule has 0 radical (unpaired) electrons. The van der Waals surface area contributed by atoms with E-state index in [0.29, 0.717) is 12.8 Å². The summed E-state index contributed by atoms with van der Waals surface area (Å²) >= 11 is 0. The lowest BCUT2D eigenvalue weighted by Crippen LogP contribution is -2.13. The molecule has 0 aromatic carbocycles. The fraction of sp³-hybridized carbons (Fsp3) is 0.333. The lowest BCUT2D eigenvalue weighted by molar-refractivity contribution is 0.175. The van der Waals surface area contributed by atoms with Crippen LogP contribution in [0.5, 0.6) is 0 Å². The Kier molecular flexibility index (Phi) is 3.31. The molecule has 0 saturated carbocycles. The molecule has 84 valence electrons. The number of aliphatic hydroxyl groups is 1. The molecule has 2 rings (SSSR count). The van der Waals surface area contributed by atoms with Crippen molar-refractivity contribution < 1.29 is 5.11 Å². The first kappa shape index (κ1) is 10.8. The highest BCUT2D eigenvalue weighted by Crippen LogP contribution is 2.07. The molecule has 2 aromatic heterocycles. The van der Waals surface area contributed by atoms with Crippen LogP contribution in [0, 0.1) is 0 Å².